The number of likely N-dealkylation sites (tertiary alicyclic amines) is 1. The number of sulfonamides is 1. The van der Waals surface area contributed by atoms with E-state index in [0.29, 0.717) is 32.0 Å². The molecule has 0 spiro atoms. The van der Waals surface area contributed by atoms with Crippen molar-refractivity contribution in [3.05, 3.63) is 0 Å². The Hall–Kier alpha value is -0.620. The lowest BCUT2D eigenvalue weighted by atomic mass is 9.84. The van der Waals surface area contributed by atoms with Crippen LogP contribution in [0.5, 0.6) is 0 Å². The van der Waals surface area contributed by atoms with E-state index in [1.807, 2.05) is 4.90 Å². The highest BCUT2D eigenvalue weighted by molar-refractivity contribution is 7.90. The molecule has 2 saturated heterocycles. The molecule has 0 N–H and O–H groups in total. The summed E-state index contributed by atoms with van der Waals surface area (Å²) in [4.78, 5) is 14.3. The van der Waals surface area contributed by atoms with E-state index in [0.717, 1.165) is 32.2 Å². The van der Waals surface area contributed by atoms with Gasteiger partial charge in [0, 0.05) is 32.1 Å². The molecule has 0 aromatic carbocycles. The summed E-state index contributed by atoms with van der Waals surface area (Å²) >= 11 is 0. The third-order valence-corrected chi connectivity index (χ3v) is 7.90. The van der Waals surface area contributed by atoms with Gasteiger partial charge in [-0.15, -0.1) is 0 Å². The predicted molar refractivity (Wildman–Crippen MR) is 85.8 cm³/mol. The molecule has 2 atom stereocenters. The summed E-state index contributed by atoms with van der Waals surface area (Å²) in [5.74, 6) is 1.03. The fraction of sp³-hybridized carbons (Fsp3) is 0.938. The van der Waals surface area contributed by atoms with Gasteiger partial charge in [-0.2, -0.15) is 0 Å². The van der Waals surface area contributed by atoms with E-state index in [2.05, 4.69) is 13.8 Å². The number of nitrogens with zero attached hydrogens (tertiary/aromatic N) is 2. The molecule has 6 heteroatoms. The van der Waals surface area contributed by atoms with Crippen molar-refractivity contribution in [1.29, 1.82) is 0 Å². The van der Waals surface area contributed by atoms with Gasteiger partial charge in [-0.05, 0) is 37.5 Å². The number of rotatable bonds is 3. The minimum absolute atomic E-state index is 0.197. The van der Waals surface area contributed by atoms with Gasteiger partial charge in [-0.1, -0.05) is 20.3 Å². The molecule has 0 aromatic rings. The summed E-state index contributed by atoms with van der Waals surface area (Å²) in [6, 6.07) is 0. The molecule has 1 amide bonds. The van der Waals surface area contributed by atoms with Crippen molar-refractivity contribution in [2.45, 2.75) is 51.2 Å². The molecule has 0 aromatic heterocycles. The second kappa shape index (κ2) is 6.11. The molecule has 3 fully saturated rings. The first-order chi connectivity index (χ1) is 10.4. The van der Waals surface area contributed by atoms with Gasteiger partial charge < -0.3 is 4.90 Å². The molecule has 126 valence electrons. The number of carbonyl (C=O) groups is 1. The van der Waals surface area contributed by atoms with Crippen LogP contribution in [0.15, 0.2) is 0 Å². The van der Waals surface area contributed by atoms with Gasteiger partial charge in [0.15, 0.2) is 0 Å². The highest BCUT2D eigenvalue weighted by Gasteiger charge is 2.47. The van der Waals surface area contributed by atoms with E-state index in [9.17, 15) is 13.2 Å². The fourth-order valence-corrected chi connectivity index (χ4v) is 6.42. The third kappa shape index (κ3) is 2.92. The van der Waals surface area contributed by atoms with Crippen LogP contribution in [-0.4, -0.2) is 55.0 Å². The zero-order valence-electron chi connectivity index (χ0n) is 13.7. The Morgan fingerprint density at radius 3 is 2.41 bits per heavy atom. The monoisotopic (exact) mass is 328 g/mol. The molecular weight excluding hydrogens is 300 g/mol. The zero-order chi connectivity index (χ0) is 15.9. The average molecular weight is 328 g/mol. The lowest BCUT2D eigenvalue weighted by Crippen LogP contribution is -2.40. The molecule has 1 aliphatic carbocycles. The van der Waals surface area contributed by atoms with Gasteiger partial charge in [0.1, 0.15) is 0 Å². The smallest absolute Gasteiger partial charge is 0.225 e. The number of fused-ring (bicyclic) bond motifs is 1. The number of amides is 1. The Labute approximate surface area is 134 Å². The summed E-state index contributed by atoms with van der Waals surface area (Å²) in [7, 11) is -3.17. The van der Waals surface area contributed by atoms with Crippen LogP contribution >= 0.6 is 0 Å². The lowest BCUT2D eigenvalue weighted by molar-refractivity contribution is -0.138. The van der Waals surface area contributed by atoms with Crippen LogP contribution in [-0.2, 0) is 14.8 Å². The minimum atomic E-state index is -3.17. The predicted octanol–water partition coefficient (Wildman–Crippen LogP) is 1.70. The normalized spacial score (nSPS) is 32.6. The molecule has 5 nitrogen and oxygen atoms in total. The van der Waals surface area contributed by atoms with Crippen molar-refractivity contribution in [1.82, 2.24) is 9.21 Å². The van der Waals surface area contributed by atoms with E-state index in [4.69, 9.17) is 0 Å². The summed E-state index contributed by atoms with van der Waals surface area (Å²) < 4.78 is 27.1. The van der Waals surface area contributed by atoms with Crippen molar-refractivity contribution < 1.29 is 13.2 Å². The number of carbonyl (C=O) groups excluding carboxylic acids is 1. The largest absolute Gasteiger partial charge is 0.342 e. The van der Waals surface area contributed by atoms with Gasteiger partial charge in [0.2, 0.25) is 15.9 Å². The quantitative estimate of drug-likeness (QED) is 0.792. The molecule has 0 bridgehead atoms. The summed E-state index contributed by atoms with van der Waals surface area (Å²) in [6.07, 6.45) is 4.64. The summed E-state index contributed by atoms with van der Waals surface area (Å²) in [5.41, 5.74) is 0. The molecule has 2 aliphatic heterocycles. The van der Waals surface area contributed by atoms with E-state index in [-0.39, 0.29) is 23.0 Å². The fourth-order valence-electron chi connectivity index (χ4n) is 4.02. The number of hydrogen-bond donors (Lipinski definition) is 0. The van der Waals surface area contributed by atoms with Gasteiger partial charge in [0.25, 0.3) is 0 Å². The van der Waals surface area contributed by atoms with E-state index in [1.165, 1.54) is 0 Å². The van der Waals surface area contributed by atoms with E-state index < -0.39 is 10.0 Å². The van der Waals surface area contributed by atoms with E-state index >= 15 is 0 Å². The van der Waals surface area contributed by atoms with Gasteiger partial charge in [-0.25, -0.2) is 12.7 Å². The maximum absolute atomic E-state index is 12.7. The first-order valence-corrected chi connectivity index (χ1v) is 10.2. The zero-order valence-corrected chi connectivity index (χ0v) is 14.5. The number of hydrogen-bond acceptors (Lipinski definition) is 3. The molecule has 2 heterocycles. The maximum Gasteiger partial charge on any atom is 0.225 e. The maximum atomic E-state index is 12.7. The van der Waals surface area contributed by atoms with Crippen LogP contribution in [0.4, 0.5) is 0 Å². The standard InChI is InChI=1S/C16H28N2O3S/c1-12(2)10-18-11-14-6-8-17(16(19)13-4-3-5-13)9-7-15(14)22(18,20)21/h12-15H,3-11H2,1-2H3/t14-,15-/m1/s1. The average Bonchev–Trinajstić information content (AvgIpc) is 2.53. The Morgan fingerprint density at radius 1 is 1.14 bits per heavy atom. The highest BCUT2D eigenvalue weighted by Crippen LogP contribution is 2.36. The molecule has 0 unspecified atom stereocenters. The lowest BCUT2D eigenvalue weighted by Gasteiger charge is -2.31. The van der Waals surface area contributed by atoms with Gasteiger partial charge in [-0.3, -0.25) is 4.79 Å². The second-order valence-corrected chi connectivity index (χ2v) is 9.74. The van der Waals surface area contributed by atoms with Crippen LogP contribution in [0.2, 0.25) is 0 Å². The van der Waals surface area contributed by atoms with Crippen molar-refractivity contribution in [2.75, 3.05) is 26.2 Å². The van der Waals surface area contributed by atoms with Crippen LogP contribution < -0.4 is 0 Å². The molecular formula is C16H28N2O3S. The van der Waals surface area contributed by atoms with Crippen LogP contribution in [0, 0.1) is 17.8 Å². The topological polar surface area (TPSA) is 57.7 Å². The van der Waals surface area contributed by atoms with Crippen LogP contribution in [0.3, 0.4) is 0 Å². The summed E-state index contributed by atoms with van der Waals surface area (Å²) in [6.45, 7) is 6.74. The Morgan fingerprint density at radius 2 is 1.82 bits per heavy atom. The van der Waals surface area contributed by atoms with Crippen molar-refractivity contribution >= 4 is 15.9 Å². The minimum Gasteiger partial charge on any atom is -0.342 e. The molecule has 3 aliphatic rings. The van der Waals surface area contributed by atoms with Crippen LogP contribution in [0.25, 0.3) is 0 Å². The first-order valence-electron chi connectivity index (χ1n) is 8.67. The SMILES string of the molecule is CC(C)CN1C[C@H]2CCN(C(=O)C3CCC3)CC[C@H]2S1(=O)=O. The van der Waals surface area contributed by atoms with E-state index in [1.54, 1.807) is 4.31 Å². The van der Waals surface area contributed by atoms with Crippen molar-refractivity contribution in [2.24, 2.45) is 17.8 Å². The summed E-state index contributed by atoms with van der Waals surface area (Å²) in [5, 5.41) is -0.273. The molecule has 3 rings (SSSR count). The van der Waals surface area contributed by atoms with Crippen LogP contribution in [0.1, 0.15) is 46.0 Å². The highest BCUT2D eigenvalue weighted by atomic mass is 32.2. The Bertz CT molecular complexity index is 528. The Balaban J connectivity index is 1.66. The molecule has 1 saturated carbocycles. The third-order valence-electron chi connectivity index (χ3n) is 5.49. The van der Waals surface area contributed by atoms with Crippen molar-refractivity contribution in [3.8, 4) is 0 Å². The first kappa shape index (κ1) is 16.2. The van der Waals surface area contributed by atoms with Crippen molar-refractivity contribution in [3.63, 3.8) is 0 Å². The molecule has 0 radical (unpaired) electrons. The van der Waals surface area contributed by atoms with Gasteiger partial charge >= 0.3 is 0 Å². The van der Waals surface area contributed by atoms with Gasteiger partial charge in [0.05, 0.1) is 5.25 Å². The Kier molecular flexibility index (Phi) is 4.52. The molecule has 22 heavy (non-hydrogen) atoms. The second-order valence-electron chi connectivity index (χ2n) is 7.58.